The van der Waals surface area contributed by atoms with E-state index in [0.717, 1.165) is 9.13 Å². The van der Waals surface area contributed by atoms with Gasteiger partial charge in [0, 0.05) is 31.9 Å². The topological polar surface area (TPSA) is 102 Å². The first kappa shape index (κ1) is 17.6. The quantitative estimate of drug-likeness (QED) is 0.834. The van der Waals surface area contributed by atoms with Gasteiger partial charge in [-0.1, -0.05) is 11.6 Å². The second-order valence-corrected chi connectivity index (χ2v) is 5.85. The van der Waals surface area contributed by atoms with E-state index in [1.165, 1.54) is 11.9 Å². The van der Waals surface area contributed by atoms with Crippen molar-refractivity contribution in [2.24, 2.45) is 7.05 Å². The number of halogens is 1. The Bertz CT molecular complexity index is 884. The lowest BCUT2D eigenvalue weighted by Crippen LogP contribution is -2.44. The van der Waals surface area contributed by atoms with Crippen LogP contribution >= 0.6 is 11.6 Å². The van der Waals surface area contributed by atoms with Crippen LogP contribution in [0.4, 0.5) is 17.2 Å². The highest BCUT2D eigenvalue weighted by Gasteiger charge is 2.18. The van der Waals surface area contributed by atoms with E-state index in [1.807, 2.05) is 0 Å². The van der Waals surface area contributed by atoms with Crippen molar-refractivity contribution in [3.63, 3.8) is 0 Å². The Hall–Kier alpha value is -2.74. The number of nitrogens with two attached hydrogens (primary N) is 1. The third-order valence-electron chi connectivity index (χ3n) is 3.45. The number of aromatic nitrogens is 2. The first-order valence-electron chi connectivity index (χ1n) is 7.04. The number of carbonyl (C=O) groups excluding carboxylic acids is 1. The van der Waals surface area contributed by atoms with Crippen molar-refractivity contribution in [1.82, 2.24) is 9.13 Å². The van der Waals surface area contributed by atoms with Crippen LogP contribution in [0.5, 0.6) is 0 Å². The predicted molar refractivity (Wildman–Crippen MR) is 94.8 cm³/mol. The summed E-state index contributed by atoms with van der Waals surface area (Å²) in [7, 11) is 4.71. The molecule has 0 saturated carbocycles. The predicted octanol–water partition coefficient (Wildman–Crippen LogP) is 0.487. The number of hydrogen-bond acceptors (Lipinski definition) is 5. The maximum absolute atomic E-state index is 12.5. The number of hydrogen-bond donors (Lipinski definition) is 2. The summed E-state index contributed by atoms with van der Waals surface area (Å²) in [6.07, 6.45) is 0. The van der Waals surface area contributed by atoms with E-state index >= 15 is 0 Å². The molecule has 9 heteroatoms. The average molecular weight is 352 g/mol. The normalized spacial score (nSPS) is 10.5. The van der Waals surface area contributed by atoms with Gasteiger partial charge in [-0.2, -0.15) is 0 Å². The molecule has 1 aromatic carbocycles. The molecule has 8 nitrogen and oxygen atoms in total. The summed E-state index contributed by atoms with van der Waals surface area (Å²) in [6, 6.07) is 6.48. The molecule has 128 valence electrons. The van der Waals surface area contributed by atoms with Gasteiger partial charge in [-0.05, 0) is 24.3 Å². The molecule has 0 atom stereocenters. The number of benzene rings is 1. The van der Waals surface area contributed by atoms with Crippen LogP contribution in [0, 0.1) is 0 Å². The Morgan fingerprint density at radius 2 is 1.83 bits per heavy atom. The average Bonchev–Trinajstić information content (AvgIpc) is 2.51. The first-order valence-corrected chi connectivity index (χ1v) is 7.42. The fourth-order valence-corrected chi connectivity index (χ4v) is 2.33. The Morgan fingerprint density at radius 3 is 2.38 bits per heavy atom. The van der Waals surface area contributed by atoms with Crippen LogP contribution in [-0.2, 0) is 18.4 Å². The van der Waals surface area contributed by atoms with Gasteiger partial charge in [0.1, 0.15) is 18.1 Å². The summed E-state index contributed by atoms with van der Waals surface area (Å²) < 4.78 is 1.98. The zero-order chi connectivity index (χ0) is 18.0. The molecule has 0 unspecified atom stereocenters. The molecular weight excluding hydrogens is 334 g/mol. The van der Waals surface area contributed by atoms with Crippen LogP contribution in [0.25, 0.3) is 0 Å². The molecule has 0 fully saturated rings. The number of amides is 1. The summed E-state index contributed by atoms with van der Waals surface area (Å²) in [4.78, 5) is 38.4. The molecule has 24 heavy (non-hydrogen) atoms. The monoisotopic (exact) mass is 351 g/mol. The lowest BCUT2D eigenvalue weighted by Gasteiger charge is -2.18. The van der Waals surface area contributed by atoms with Crippen LogP contribution in [-0.4, -0.2) is 29.1 Å². The lowest BCUT2D eigenvalue weighted by molar-refractivity contribution is -0.116. The maximum atomic E-state index is 12.5. The summed E-state index contributed by atoms with van der Waals surface area (Å²) in [6.45, 7) is -0.421. The molecule has 0 spiro atoms. The van der Waals surface area contributed by atoms with Crippen LogP contribution in [0.3, 0.4) is 0 Å². The summed E-state index contributed by atoms with van der Waals surface area (Å²) in [5.41, 5.74) is 5.20. The molecule has 0 aliphatic rings. The van der Waals surface area contributed by atoms with E-state index in [9.17, 15) is 14.4 Å². The molecule has 2 aromatic rings. The van der Waals surface area contributed by atoms with E-state index < -0.39 is 23.7 Å². The highest BCUT2D eigenvalue weighted by molar-refractivity contribution is 6.30. The maximum Gasteiger partial charge on any atom is 0.332 e. The molecule has 0 bridgehead atoms. The van der Waals surface area contributed by atoms with Crippen LogP contribution in [0.15, 0.2) is 33.9 Å². The van der Waals surface area contributed by atoms with Gasteiger partial charge in [0.2, 0.25) is 5.91 Å². The number of rotatable bonds is 4. The fourth-order valence-electron chi connectivity index (χ4n) is 2.20. The van der Waals surface area contributed by atoms with Crippen molar-refractivity contribution >= 4 is 34.7 Å². The molecule has 0 aliphatic carbocycles. The highest BCUT2D eigenvalue weighted by Crippen LogP contribution is 2.14. The van der Waals surface area contributed by atoms with Crippen molar-refractivity contribution in [2.75, 3.05) is 30.0 Å². The Kier molecular flexibility index (Phi) is 4.99. The second-order valence-electron chi connectivity index (χ2n) is 5.42. The Balaban J connectivity index is 2.35. The molecule has 1 aromatic heterocycles. The zero-order valence-corrected chi connectivity index (χ0v) is 14.3. The summed E-state index contributed by atoms with van der Waals surface area (Å²) in [5, 5.41) is 3.14. The van der Waals surface area contributed by atoms with E-state index in [-0.39, 0.29) is 11.5 Å². The van der Waals surface area contributed by atoms with Gasteiger partial charge in [-0.3, -0.25) is 14.2 Å². The van der Waals surface area contributed by atoms with Gasteiger partial charge >= 0.3 is 5.69 Å². The Labute approximate surface area is 143 Å². The number of nitrogens with zero attached hydrogens (tertiary/aromatic N) is 3. The Morgan fingerprint density at radius 1 is 1.25 bits per heavy atom. The van der Waals surface area contributed by atoms with Gasteiger partial charge in [0.25, 0.3) is 5.56 Å². The SMILES string of the molecule is CN(C)c1c(N)n(C)c(=O)n(CC(=O)Nc2ccc(Cl)cc2)c1=O. The lowest BCUT2D eigenvalue weighted by atomic mass is 10.3. The van der Waals surface area contributed by atoms with Gasteiger partial charge < -0.3 is 16.0 Å². The zero-order valence-electron chi connectivity index (χ0n) is 13.5. The smallest absolute Gasteiger partial charge is 0.332 e. The molecule has 0 saturated heterocycles. The molecule has 1 heterocycles. The second kappa shape index (κ2) is 6.79. The molecular formula is C15H18ClN5O3. The van der Waals surface area contributed by atoms with Crippen molar-refractivity contribution in [1.29, 1.82) is 0 Å². The van der Waals surface area contributed by atoms with Crippen molar-refractivity contribution in [3.05, 3.63) is 50.1 Å². The van der Waals surface area contributed by atoms with E-state index in [0.29, 0.717) is 10.7 Å². The summed E-state index contributed by atoms with van der Waals surface area (Å²) in [5.74, 6) is -0.463. The molecule has 0 radical (unpaired) electrons. The fraction of sp³-hybridized carbons (Fsp3) is 0.267. The van der Waals surface area contributed by atoms with Gasteiger partial charge in [-0.15, -0.1) is 0 Å². The molecule has 0 aliphatic heterocycles. The van der Waals surface area contributed by atoms with Crippen molar-refractivity contribution in [3.8, 4) is 0 Å². The van der Waals surface area contributed by atoms with E-state index in [1.54, 1.807) is 38.4 Å². The van der Waals surface area contributed by atoms with Crippen molar-refractivity contribution in [2.45, 2.75) is 6.54 Å². The van der Waals surface area contributed by atoms with E-state index in [4.69, 9.17) is 17.3 Å². The van der Waals surface area contributed by atoms with Crippen LogP contribution in [0.1, 0.15) is 0 Å². The van der Waals surface area contributed by atoms with Gasteiger partial charge in [-0.25, -0.2) is 9.36 Å². The van der Waals surface area contributed by atoms with Crippen LogP contribution in [0.2, 0.25) is 5.02 Å². The highest BCUT2D eigenvalue weighted by atomic mass is 35.5. The van der Waals surface area contributed by atoms with Gasteiger partial charge in [0.05, 0.1) is 0 Å². The van der Waals surface area contributed by atoms with Crippen molar-refractivity contribution < 1.29 is 4.79 Å². The van der Waals surface area contributed by atoms with Crippen LogP contribution < -0.4 is 27.2 Å². The largest absolute Gasteiger partial charge is 0.383 e. The third-order valence-corrected chi connectivity index (χ3v) is 3.70. The van der Waals surface area contributed by atoms with E-state index in [2.05, 4.69) is 5.32 Å². The minimum atomic E-state index is -0.658. The minimum absolute atomic E-state index is 0.0457. The number of anilines is 3. The standard InChI is InChI=1S/C15H18ClN5O3/c1-19(2)12-13(17)20(3)15(24)21(14(12)23)8-11(22)18-10-6-4-9(16)5-7-10/h4-7H,8,17H2,1-3H3,(H,18,22). The summed E-state index contributed by atoms with van der Waals surface area (Å²) >= 11 is 5.78. The molecule has 1 amide bonds. The molecule has 3 N–H and O–H groups in total. The van der Waals surface area contributed by atoms with Gasteiger partial charge in [0.15, 0.2) is 0 Å². The first-order chi connectivity index (χ1) is 11.2. The molecule has 2 rings (SSSR count). The number of carbonyl (C=O) groups is 1. The third kappa shape index (κ3) is 3.43. The number of nitrogen functional groups attached to an aromatic ring is 1. The number of nitrogens with one attached hydrogen (secondary N) is 1. The minimum Gasteiger partial charge on any atom is -0.383 e.